The number of alkyl halides is 2. The van der Waals surface area contributed by atoms with Crippen LogP contribution in [0.25, 0.3) is 0 Å². The Bertz CT molecular complexity index is 1250. The Kier molecular flexibility index (Phi) is 8.53. The monoisotopic (exact) mass is 569 g/mol. The number of hydrogen-bond acceptors (Lipinski definition) is 4. The molecule has 5 nitrogen and oxygen atoms in total. The van der Waals surface area contributed by atoms with E-state index < -0.39 is 17.8 Å². The molecule has 8 heteroatoms. The number of carbonyl (C=O) groups excluding carboxylic acids is 1. The Morgan fingerprint density at radius 1 is 1.10 bits per heavy atom. The standard InChI is InChI=1S/C33H42F3N3O2/c1-22-5-6-24(20-26(34)19-22)30(31(40)37-27-13-15-33(35,36)16-14-27)39(28-11-9-25(10-12-28)32(2,3)4)38-17-18-41-21-29(38)23-7-8-23/h5,7,9-12,19-20,27,29-30H,6,8,13-18,21H2,1-4H3,(H,37,40)/t29-,30?/m1/s1. The van der Waals surface area contributed by atoms with Crippen molar-refractivity contribution in [3.63, 3.8) is 0 Å². The summed E-state index contributed by atoms with van der Waals surface area (Å²) in [4.78, 5) is 14.3. The number of ether oxygens (including phenoxy) is 1. The zero-order chi connectivity index (χ0) is 29.4. The molecule has 1 amide bonds. The molecule has 1 heterocycles. The highest BCUT2D eigenvalue weighted by molar-refractivity contribution is 5.89. The van der Waals surface area contributed by atoms with Crippen molar-refractivity contribution in [2.75, 3.05) is 24.8 Å². The van der Waals surface area contributed by atoms with Crippen LogP contribution in [-0.2, 0) is 14.9 Å². The van der Waals surface area contributed by atoms with Gasteiger partial charge in [-0.1, -0.05) is 50.6 Å². The number of nitrogens with zero attached hydrogens (tertiary/aromatic N) is 2. The van der Waals surface area contributed by atoms with Crippen molar-refractivity contribution in [3.8, 4) is 0 Å². The van der Waals surface area contributed by atoms with Crippen LogP contribution in [0.4, 0.5) is 18.9 Å². The van der Waals surface area contributed by atoms with E-state index in [0.717, 1.165) is 23.2 Å². The number of amides is 1. The predicted molar refractivity (Wildman–Crippen MR) is 156 cm³/mol. The lowest BCUT2D eigenvalue weighted by Gasteiger charge is -2.47. The van der Waals surface area contributed by atoms with Crippen molar-refractivity contribution in [1.29, 1.82) is 0 Å². The highest BCUT2D eigenvalue weighted by Crippen LogP contribution is 2.37. The van der Waals surface area contributed by atoms with E-state index in [-0.39, 0.29) is 49.1 Å². The van der Waals surface area contributed by atoms with Crippen LogP contribution in [0.3, 0.4) is 0 Å². The quantitative estimate of drug-likeness (QED) is 0.362. The van der Waals surface area contributed by atoms with Gasteiger partial charge in [0.2, 0.25) is 11.8 Å². The molecular formula is C33H42F3N3O2. The van der Waals surface area contributed by atoms with Gasteiger partial charge in [0.05, 0.1) is 24.9 Å². The van der Waals surface area contributed by atoms with Gasteiger partial charge in [0.15, 0.2) is 0 Å². The summed E-state index contributed by atoms with van der Waals surface area (Å²) >= 11 is 0. The van der Waals surface area contributed by atoms with Crippen molar-refractivity contribution in [2.24, 2.45) is 0 Å². The maximum Gasteiger partial charge on any atom is 0.248 e. The Labute approximate surface area is 241 Å². The minimum atomic E-state index is -2.69. The molecular weight excluding hydrogens is 527 g/mol. The molecule has 0 radical (unpaired) electrons. The first kappa shape index (κ1) is 29.6. The maximum atomic E-state index is 15.1. The first-order valence-corrected chi connectivity index (χ1v) is 14.8. The Hall–Kier alpha value is -2.84. The predicted octanol–water partition coefficient (Wildman–Crippen LogP) is 6.93. The van der Waals surface area contributed by atoms with Gasteiger partial charge in [-0.05, 0) is 79.0 Å². The van der Waals surface area contributed by atoms with Gasteiger partial charge in [-0.3, -0.25) is 9.80 Å². The normalized spacial score (nSPS) is 24.3. The summed E-state index contributed by atoms with van der Waals surface area (Å²) in [6.07, 6.45) is 8.27. The lowest BCUT2D eigenvalue weighted by molar-refractivity contribution is -0.125. The van der Waals surface area contributed by atoms with E-state index in [1.807, 2.05) is 30.1 Å². The number of hydrazine groups is 1. The van der Waals surface area contributed by atoms with E-state index >= 15 is 4.39 Å². The highest BCUT2D eigenvalue weighted by atomic mass is 19.3. The summed E-state index contributed by atoms with van der Waals surface area (Å²) in [5.41, 5.74) is 4.59. The molecule has 1 aromatic rings. The topological polar surface area (TPSA) is 44.8 Å². The molecule has 2 fully saturated rings. The Morgan fingerprint density at radius 2 is 1.78 bits per heavy atom. The molecule has 1 aliphatic heterocycles. The molecule has 2 atom stereocenters. The minimum absolute atomic E-state index is 0.0428. The first-order valence-electron chi connectivity index (χ1n) is 14.8. The van der Waals surface area contributed by atoms with Crippen LogP contribution in [0, 0.1) is 0 Å². The second kappa shape index (κ2) is 11.8. The maximum absolute atomic E-state index is 15.1. The fourth-order valence-corrected chi connectivity index (χ4v) is 5.97. The van der Waals surface area contributed by atoms with Crippen molar-refractivity contribution in [3.05, 3.63) is 76.7 Å². The molecule has 222 valence electrons. The summed E-state index contributed by atoms with van der Waals surface area (Å²) in [6.45, 7) is 9.86. The van der Waals surface area contributed by atoms with E-state index in [9.17, 15) is 13.6 Å². The molecule has 4 aliphatic rings. The van der Waals surface area contributed by atoms with Crippen LogP contribution in [0.5, 0.6) is 0 Å². The van der Waals surface area contributed by atoms with Gasteiger partial charge in [0.25, 0.3) is 0 Å². The van der Waals surface area contributed by atoms with Crippen LogP contribution in [-0.4, -0.2) is 54.7 Å². The van der Waals surface area contributed by atoms with Gasteiger partial charge in [0.1, 0.15) is 11.9 Å². The molecule has 0 bridgehead atoms. The van der Waals surface area contributed by atoms with Crippen molar-refractivity contribution in [2.45, 2.75) is 95.7 Å². The van der Waals surface area contributed by atoms with E-state index in [1.54, 1.807) is 0 Å². The average Bonchev–Trinajstić information content (AvgIpc) is 3.77. The summed E-state index contributed by atoms with van der Waals surface area (Å²) in [5, 5.41) is 7.30. The van der Waals surface area contributed by atoms with Crippen LogP contribution in [0.15, 0.2) is 71.1 Å². The first-order chi connectivity index (χ1) is 19.4. The largest absolute Gasteiger partial charge is 0.378 e. The fraction of sp³-hybridized carbons (Fsp3) is 0.545. The van der Waals surface area contributed by atoms with E-state index in [1.165, 1.54) is 17.7 Å². The van der Waals surface area contributed by atoms with Gasteiger partial charge in [-0.15, -0.1) is 0 Å². The molecule has 3 aliphatic carbocycles. The zero-order valence-electron chi connectivity index (χ0n) is 24.6. The van der Waals surface area contributed by atoms with Gasteiger partial charge in [-0.2, -0.15) is 0 Å². The van der Waals surface area contributed by atoms with Crippen LogP contribution < -0.4 is 10.3 Å². The zero-order valence-corrected chi connectivity index (χ0v) is 24.6. The highest BCUT2D eigenvalue weighted by Gasteiger charge is 2.42. The molecule has 0 spiro atoms. The molecule has 1 saturated heterocycles. The molecule has 1 N–H and O–H groups in total. The molecule has 41 heavy (non-hydrogen) atoms. The number of morpholine rings is 1. The number of nitrogens with one attached hydrogen (secondary N) is 1. The molecule has 0 aromatic heterocycles. The second-order valence-electron chi connectivity index (χ2n) is 12.8. The van der Waals surface area contributed by atoms with Crippen LogP contribution in [0.2, 0.25) is 0 Å². The average molecular weight is 570 g/mol. The number of benzene rings is 1. The molecule has 1 saturated carbocycles. The Balaban J connectivity index is 1.57. The number of anilines is 1. The van der Waals surface area contributed by atoms with E-state index in [4.69, 9.17) is 4.74 Å². The summed E-state index contributed by atoms with van der Waals surface area (Å²) in [5.74, 6) is -3.41. The third-order valence-electron chi connectivity index (χ3n) is 8.50. The third-order valence-corrected chi connectivity index (χ3v) is 8.50. The van der Waals surface area contributed by atoms with Gasteiger partial charge >= 0.3 is 0 Å². The van der Waals surface area contributed by atoms with Crippen LogP contribution in [0.1, 0.15) is 71.8 Å². The number of hydrogen-bond donors (Lipinski definition) is 1. The van der Waals surface area contributed by atoms with Crippen molar-refractivity contribution in [1.82, 2.24) is 10.3 Å². The smallest absolute Gasteiger partial charge is 0.248 e. The summed E-state index contributed by atoms with van der Waals surface area (Å²) in [6, 6.07) is 6.95. The summed E-state index contributed by atoms with van der Waals surface area (Å²) in [7, 11) is 0. The number of carbonyl (C=O) groups is 1. The number of rotatable bonds is 7. The van der Waals surface area contributed by atoms with Crippen LogP contribution >= 0.6 is 0 Å². The molecule has 1 unspecified atom stereocenters. The number of allylic oxidation sites excluding steroid dienone is 6. The summed E-state index contributed by atoms with van der Waals surface area (Å²) < 4.78 is 48.8. The third kappa shape index (κ3) is 7.15. The van der Waals surface area contributed by atoms with E-state index in [2.05, 4.69) is 49.3 Å². The van der Waals surface area contributed by atoms with Crippen molar-refractivity contribution >= 4 is 11.6 Å². The van der Waals surface area contributed by atoms with Gasteiger partial charge in [-0.25, -0.2) is 18.2 Å². The fourth-order valence-electron chi connectivity index (χ4n) is 5.97. The van der Waals surface area contributed by atoms with Crippen molar-refractivity contribution < 1.29 is 22.7 Å². The SMILES string of the molecule is CC1=CCC(C(C(=O)NC2CCC(F)(F)CC2)N(c2ccc(C(C)(C)C)cc2)N2CCOC[C@@H]2C2=CC2)=CC(F)=C1. The van der Waals surface area contributed by atoms with Gasteiger partial charge < -0.3 is 10.1 Å². The second-order valence-corrected chi connectivity index (χ2v) is 12.8. The lowest BCUT2D eigenvalue weighted by atomic mass is 9.87. The lowest BCUT2D eigenvalue weighted by Crippen LogP contribution is -2.62. The van der Waals surface area contributed by atoms with Gasteiger partial charge in [0, 0.05) is 25.4 Å². The number of halogens is 3. The minimum Gasteiger partial charge on any atom is -0.378 e. The van der Waals surface area contributed by atoms with E-state index in [0.29, 0.717) is 31.8 Å². The molecule has 5 rings (SSSR count). The Morgan fingerprint density at radius 3 is 2.41 bits per heavy atom. The molecule has 1 aromatic carbocycles.